The molecular formula is C20H30O3S. The van der Waals surface area contributed by atoms with E-state index < -0.39 is 10.1 Å². The molecule has 1 aromatic carbocycles. The lowest BCUT2D eigenvalue weighted by atomic mass is 10.1. The molecule has 0 N–H and O–H groups in total. The smallest absolute Gasteiger partial charge is 0.266 e. The Morgan fingerprint density at radius 1 is 0.875 bits per heavy atom. The van der Waals surface area contributed by atoms with E-state index in [1.807, 2.05) is 0 Å². The molecule has 0 atom stereocenters. The van der Waals surface area contributed by atoms with E-state index in [0.29, 0.717) is 5.56 Å². The third-order valence-electron chi connectivity index (χ3n) is 4.05. The van der Waals surface area contributed by atoms with Crippen molar-refractivity contribution in [2.75, 3.05) is 6.61 Å². The summed E-state index contributed by atoms with van der Waals surface area (Å²) in [6.07, 6.45) is 17.3. The predicted octanol–water partition coefficient (Wildman–Crippen LogP) is 5.29. The van der Waals surface area contributed by atoms with E-state index in [9.17, 15) is 8.42 Å². The molecule has 3 nitrogen and oxygen atoms in total. The number of unbranched alkanes of at least 4 members (excludes halogenated alkanes) is 9. The second-order valence-electron chi connectivity index (χ2n) is 6.13. The maximum Gasteiger partial charge on any atom is 0.296 e. The van der Waals surface area contributed by atoms with Gasteiger partial charge in [-0.3, -0.25) is 4.18 Å². The molecule has 0 fully saturated rings. The van der Waals surface area contributed by atoms with Gasteiger partial charge >= 0.3 is 0 Å². The van der Waals surface area contributed by atoms with E-state index in [2.05, 4.69) is 12.8 Å². The molecule has 0 aliphatic heterocycles. The van der Waals surface area contributed by atoms with E-state index in [0.717, 1.165) is 19.3 Å². The van der Waals surface area contributed by atoms with Gasteiger partial charge in [-0.1, -0.05) is 70.6 Å². The van der Waals surface area contributed by atoms with Crippen LogP contribution in [0.4, 0.5) is 0 Å². The summed E-state index contributed by atoms with van der Waals surface area (Å²) in [7, 11) is -3.66. The topological polar surface area (TPSA) is 43.4 Å². The molecule has 1 rings (SSSR count). The first-order chi connectivity index (χ1) is 11.6. The number of terminal acetylenes is 1. The summed E-state index contributed by atoms with van der Waals surface area (Å²) in [5.41, 5.74) is 0.656. The molecule has 1 aromatic rings. The van der Waals surface area contributed by atoms with Crippen molar-refractivity contribution in [1.82, 2.24) is 0 Å². The SMILES string of the molecule is C#Cc1ccc(S(=O)(=O)OCCCCCCCCCCCC)cc1. The zero-order valence-electron chi connectivity index (χ0n) is 14.8. The lowest BCUT2D eigenvalue weighted by Gasteiger charge is -2.06. The van der Waals surface area contributed by atoms with Crippen LogP contribution < -0.4 is 0 Å². The fourth-order valence-electron chi connectivity index (χ4n) is 2.54. The van der Waals surface area contributed by atoms with Gasteiger partial charge in [-0.05, 0) is 30.7 Å². The van der Waals surface area contributed by atoms with E-state index >= 15 is 0 Å². The van der Waals surface area contributed by atoms with Crippen molar-refractivity contribution < 1.29 is 12.6 Å². The van der Waals surface area contributed by atoms with Crippen molar-refractivity contribution in [1.29, 1.82) is 0 Å². The molecule has 0 spiro atoms. The normalized spacial score (nSPS) is 11.3. The largest absolute Gasteiger partial charge is 0.296 e. The quantitative estimate of drug-likeness (QED) is 0.276. The highest BCUT2D eigenvalue weighted by Crippen LogP contribution is 2.15. The lowest BCUT2D eigenvalue weighted by molar-refractivity contribution is 0.306. The van der Waals surface area contributed by atoms with Crippen molar-refractivity contribution in [3.63, 3.8) is 0 Å². The van der Waals surface area contributed by atoms with Gasteiger partial charge in [0.1, 0.15) is 0 Å². The Kier molecular flexibility index (Phi) is 10.5. The van der Waals surface area contributed by atoms with Crippen LogP contribution in [-0.4, -0.2) is 15.0 Å². The van der Waals surface area contributed by atoms with Crippen LogP contribution in [0.15, 0.2) is 29.2 Å². The van der Waals surface area contributed by atoms with Crippen LogP contribution in [0.3, 0.4) is 0 Å². The fourth-order valence-corrected chi connectivity index (χ4v) is 3.49. The minimum Gasteiger partial charge on any atom is -0.266 e. The molecule has 0 bridgehead atoms. The summed E-state index contributed by atoms with van der Waals surface area (Å²) in [5.74, 6) is 2.46. The maximum atomic E-state index is 12.0. The van der Waals surface area contributed by atoms with Crippen LogP contribution in [0.5, 0.6) is 0 Å². The molecule has 0 saturated carbocycles. The van der Waals surface area contributed by atoms with Gasteiger partial charge in [0, 0.05) is 5.56 Å². The number of hydrogen-bond acceptors (Lipinski definition) is 3. The first kappa shape index (κ1) is 20.7. The summed E-state index contributed by atoms with van der Waals surface area (Å²) >= 11 is 0. The highest BCUT2D eigenvalue weighted by Gasteiger charge is 2.14. The van der Waals surface area contributed by atoms with Gasteiger partial charge in [0.15, 0.2) is 0 Å². The van der Waals surface area contributed by atoms with Gasteiger partial charge in [0.05, 0.1) is 11.5 Å². The fraction of sp³-hybridized carbons (Fsp3) is 0.600. The summed E-state index contributed by atoms with van der Waals surface area (Å²) < 4.78 is 29.1. The van der Waals surface area contributed by atoms with Gasteiger partial charge in [-0.25, -0.2) is 0 Å². The Morgan fingerprint density at radius 3 is 1.88 bits per heavy atom. The minimum absolute atomic E-state index is 0.161. The zero-order valence-corrected chi connectivity index (χ0v) is 15.6. The average Bonchev–Trinajstić information content (AvgIpc) is 2.59. The summed E-state index contributed by atoms with van der Waals surface area (Å²) in [6.45, 7) is 2.48. The molecule has 0 aliphatic rings. The monoisotopic (exact) mass is 350 g/mol. The second kappa shape index (κ2) is 12.1. The van der Waals surface area contributed by atoms with Crippen molar-refractivity contribution in [3.8, 4) is 12.3 Å². The first-order valence-corrected chi connectivity index (χ1v) is 10.5. The van der Waals surface area contributed by atoms with E-state index in [-0.39, 0.29) is 11.5 Å². The van der Waals surface area contributed by atoms with Crippen molar-refractivity contribution in [2.24, 2.45) is 0 Å². The Balaban J connectivity index is 2.10. The molecule has 24 heavy (non-hydrogen) atoms. The number of benzene rings is 1. The van der Waals surface area contributed by atoms with Crippen LogP contribution in [0.1, 0.15) is 76.7 Å². The molecule has 134 valence electrons. The Labute approximate surface area is 147 Å². The molecule has 0 radical (unpaired) electrons. The molecule has 0 unspecified atom stereocenters. The van der Waals surface area contributed by atoms with Crippen LogP contribution in [0, 0.1) is 12.3 Å². The van der Waals surface area contributed by atoms with Gasteiger partial charge < -0.3 is 0 Å². The second-order valence-corrected chi connectivity index (χ2v) is 7.74. The average molecular weight is 351 g/mol. The van der Waals surface area contributed by atoms with Crippen molar-refractivity contribution in [3.05, 3.63) is 29.8 Å². The van der Waals surface area contributed by atoms with Crippen LogP contribution in [0.2, 0.25) is 0 Å². The Bertz CT molecular complexity index is 582. The molecule has 0 saturated heterocycles. The maximum absolute atomic E-state index is 12.0. The molecule has 0 amide bonds. The van der Waals surface area contributed by atoms with Gasteiger partial charge in [0.2, 0.25) is 0 Å². The van der Waals surface area contributed by atoms with Crippen LogP contribution in [-0.2, 0) is 14.3 Å². The Morgan fingerprint density at radius 2 is 1.38 bits per heavy atom. The first-order valence-electron chi connectivity index (χ1n) is 9.06. The molecule has 4 heteroatoms. The molecule has 0 heterocycles. The highest BCUT2D eigenvalue weighted by atomic mass is 32.2. The third-order valence-corrected chi connectivity index (χ3v) is 5.37. The number of hydrogen-bond donors (Lipinski definition) is 0. The van der Waals surface area contributed by atoms with Gasteiger partial charge in [-0.2, -0.15) is 8.42 Å². The van der Waals surface area contributed by atoms with Crippen molar-refractivity contribution in [2.45, 2.75) is 76.0 Å². The Hall–Kier alpha value is -1.31. The summed E-state index contributed by atoms with van der Waals surface area (Å²) in [6, 6.07) is 6.19. The lowest BCUT2D eigenvalue weighted by Crippen LogP contribution is -2.07. The molecular weight excluding hydrogens is 320 g/mol. The van der Waals surface area contributed by atoms with Crippen molar-refractivity contribution >= 4 is 10.1 Å². The minimum atomic E-state index is -3.66. The highest BCUT2D eigenvalue weighted by molar-refractivity contribution is 7.86. The third kappa shape index (κ3) is 8.52. The number of rotatable bonds is 13. The standard InChI is InChI=1S/C20H30O3S/c1-3-5-6-7-8-9-10-11-12-13-18-23-24(21,22)20-16-14-19(4-2)15-17-20/h2,14-17H,3,5-13,18H2,1H3. The van der Waals surface area contributed by atoms with Gasteiger partial charge in [0.25, 0.3) is 10.1 Å². The zero-order chi connectivity index (χ0) is 17.7. The summed E-state index contributed by atoms with van der Waals surface area (Å²) in [5, 5.41) is 0. The van der Waals surface area contributed by atoms with Crippen LogP contribution in [0.25, 0.3) is 0 Å². The predicted molar refractivity (Wildman–Crippen MR) is 99.4 cm³/mol. The summed E-state index contributed by atoms with van der Waals surface area (Å²) in [4.78, 5) is 0.161. The van der Waals surface area contributed by atoms with E-state index in [1.165, 1.54) is 57.1 Å². The van der Waals surface area contributed by atoms with Crippen LogP contribution >= 0.6 is 0 Å². The molecule has 0 aromatic heterocycles. The van der Waals surface area contributed by atoms with Gasteiger partial charge in [-0.15, -0.1) is 6.42 Å². The van der Waals surface area contributed by atoms with E-state index in [4.69, 9.17) is 10.6 Å². The van der Waals surface area contributed by atoms with E-state index in [1.54, 1.807) is 12.1 Å². The molecule has 0 aliphatic carbocycles.